The van der Waals surface area contributed by atoms with E-state index in [0.29, 0.717) is 34.9 Å². The molecule has 2 atom stereocenters. The van der Waals surface area contributed by atoms with Crippen molar-refractivity contribution in [1.82, 2.24) is 0 Å². The molecular formula is C25H23FN2O4. The van der Waals surface area contributed by atoms with Crippen LogP contribution in [0.3, 0.4) is 0 Å². The molecule has 0 aromatic heterocycles. The van der Waals surface area contributed by atoms with Crippen molar-refractivity contribution >= 4 is 23.2 Å². The van der Waals surface area contributed by atoms with Crippen LogP contribution in [0.5, 0.6) is 11.5 Å². The summed E-state index contributed by atoms with van der Waals surface area (Å²) in [6, 6.07) is 20.5. The summed E-state index contributed by atoms with van der Waals surface area (Å²) in [5.74, 6) is -0.153. The second-order valence-electron chi connectivity index (χ2n) is 7.53. The molecule has 0 bridgehead atoms. The second-order valence-corrected chi connectivity index (χ2v) is 7.53. The van der Waals surface area contributed by atoms with Gasteiger partial charge in [-0.2, -0.15) is 0 Å². The van der Waals surface area contributed by atoms with Crippen LogP contribution in [-0.4, -0.2) is 25.5 Å². The molecule has 2 N–H and O–H groups in total. The molecule has 0 saturated heterocycles. The molecule has 1 aliphatic carbocycles. The van der Waals surface area contributed by atoms with Gasteiger partial charge >= 0.3 is 0 Å². The van der Waals surface area contributed by atoms with Crippen LogP contribution < -0.4 is 20.1 Å². The fourth-order valence-corrected chi connectivity index (χ4v) is 3.59. The maximum absolute atomic E-state index is 13.9. The maximum Gasteiger partial charge on any atom is 0.262 e. The van der Waals surface area contributed by atoms with Gasteiger partial charge in [0.25, 0.3) is 5.91 Å². The third kappa shape index (κ3) is 5.06. The van der Waals surface area contributed by atoms with Gasteiger partial charge in [0.15, 0.2) is 18.1 Å². The van der Waals surface area contributed by atoms with E-state index in [0.717, 1.165) is 0 Å². The van der Waals surface area contributed by atoms with E-state index in [-0.39, 0.29) is 36.1 Å². The quantitative estimate of drug-likeness (QED) is 0.544. The molecule has 1 fully saturated rings. The fraction of sp³-hybridized carbons (Fsp3) is 0.200. The zero-order chi connectivity index (χ0) is 22.5. The smallest absolute Gasteiger partial charge is 0.262 e. The highest BCUT2D eigenvalue weighted by Gasteiger charge is 2.45. The molecular weight excluding hydrogens is 411 g/mol. The van der Waals surface area contributed by atoms with E-state index in [1.807, 2.05) is 6.07 Å². The van der Waals surface area contributed by atoms with E-state index in [1.165, 1.54) is 13.2 Å². The fourth-order valence-electron chi connectivity index (χ4n) is 3.59. The summed E-state index contributed by atoms with van der Waals surface area (Å²) in [4.78, 5) is 24.8. The molecule has 0 aliphatic heterocycles. The van der Waals surface area contributed by atoms with Crippen molar-refractivity contribution in [2.24, 2.45) is 5.92 Å². The zero-order valence-electron chi connectivity index (χ0n) is 17.5. The average molecular weight is 434 g/mol. The summed E-state index contributed by atoms with van der Waals surface area (Å²) in [6.07, 6.45) is 0.615. The maximum atomic E-state index is 13.9. The van der Waals surface area contributed by atoms with Crippen molar-refractivity contribution in [2.45, 2.75) is 12.3 Å². The van der Waals surface area contributed by atoms with Crippen molar-refractivity contribution < 1.29 is 23.5 Å². The number of anilines is 2. The molecule has 0 radical (unpaired) electrons. The molecule has 0 spiro atoms. The van der Waals surface area contributed by atoms with Crippen molar-refractivity contribution in [3.05, 3.63) is 84.2 Å². The molecule has 2 unspecified atom stereocenters. The van der Waals surface area contributed by atoms with E-state index < -0.39 is 0 Å². The first kappa shape index (κ1) is 21.4. The first-order valence-corrected chi connectivity index (χ1v) is 10.3. The van der Waals surface area contributed by atoms with E-state index in [9.17, 15) is 14.0 Å². The lowest BCUT2D eigenvalue weighted by Gasteiger charge is -2.11. The minimum Gasteiger partial charge on any atom is -0.493 e. The van der Waals surface area contributed by atoms with E-state index in [1.54, 1.807) is 60.7 Å². The minimum atomic E-state index is -0.346. The Morgan fingerprint density at radius 3 is 2.38 bits per heavy atom. The lowest BCUT2D eigenvalue weighted by molar-refractivity contribution is -0.118. The Morgan fingerprint density at radius 1 is 0.938 bits per heavy atom. The van der Waals surface area contributed by atoms with Gasteiger partial charge in [-0.1, -0.05) is 36.4 Å². The predicted octanol–water partition coefficient (Wildman–Crippen LogP) is 4.59. The molecule has 7 heteroatoms. The molecule has 4 rings (SSSR count). The molecule has 2 amide bonds. The summed E-state index contributed by atoms with van der Waals surface area (Å²) in [6.45, 7) is -0.191. The van der Waals surface area contributed by atoms with E-state index in [4.69, 9.17) is 9.47 Å². The number of carbonyl (C=O) groups excluding carboxylic acids is 2. The third-order valence-electron chi connectivity index (χ3n) is 5.27. The number of para-hydroxylation sites is 2. The Morgan fingerprint density at radius 2 is 1.62 bits per heavy atom. The summed E-state index contributed by atoms with van der Waals surface area (Å²) >= 11 is 0. The Balaban J connectivity index is 1.31. The topological polar surface area (TPSA) is 76.7 Å². The lowest BCUT2D eigenvalue weighted by atomic mass is 10.1. The molecule has 32 heavy (non-hydrogen) atoms. The van der Waals surface area contributed by atoms with Crippen molar-refractivity contribution in [3.8, 4) is 11.5 Å². The highest BCUT2D eigenvalue weighted by Crippen LogP contribution is 2.48. The van der Waals surface area contributed by atoms with Crippen LogP contribution in [0.1, 0.15) is 17.9 Å². The third-order valence-corrected chi connectivity index (χ3v) is 5.27. The summed E-state index contributed by atoms with van der Waals surface area (Å²) in [7, 11) is 1.53. The largest absolute Gasteiger partial charge is 0.493 e. The Kier molecular flexibility index (Phi) is 6.35. The van der Waals surface area contributed by atoms with Crippen LogP contribution in [0.15, 0.2) is 72.8 Å². The summed E-state index contributed by atoms with van der Waals surface area (Å²) in [5.41, 5.74) is 1.65. The van der Waals surface area contributed by atoms with Crippen LogP contribution in [0.2, 0.25) is 0 Å². The molecule has 3 aromatic carbocycles. The highest BCUT2D eigenvalue weighted by molar-refractivity contribution is 5.97. The standard InChI is InChI=1S/C25H23FN2O4/c1-31-22-11-4-5-12-23(22)32-15-24(29)27-16-7-6-8-17(13-16)28-25(30)20-14-19(20)18-9-2-3-10-21(18)26/h2-13,19-20H,14-15H2,1H3,(H,27,29)(H,28,30). The predicted molar refractivity (Wildman–Crippen MR) is 119 cm³/mol. The SMILES string of the molecule is COc1ccccc1OCC(=O)Nc1cccc(NC(=O)C2CC2c2ccccc2F)c1. The molecule has 1 saturated carbocycles. The second kappa shape index (κ2) is 9.51. The van der Waals surface area contributed by atoms with Crippen LogP contribution in [-0.2, 0) is 9.59 Å². The lowest BCUT2D eigenvalue weighted by Crippen LogP contribution is -2.20. The van der Waals surface area contributed by atoms with Crippen LogP contribution >= 0.6 is 0 Å². The Bertz CT molecular complexity index is 1130. The number of hydrogen-bond acceptors (Lipinski definition) is 4. The number of amides is 2. The number of halogens is 1. The monoisotopic (exact) mass is 434 g/mol. The Hall–Kier alpha value is -3.87. The number of carbonyl (C=O) groups is 2. The minimum absolute atomic E-state index is 0.105. The van der Waals surface area contributed by atoms with Crippen molar-refractivity contribution in [2.75, 3.05) is 24.4 Å². The van der Waals surface area contributed by atoms with Gasteiger partial charge in [0.05, 0.1) is 7.11 Å². The average Bonchev–Trinajstić information content (AvgIpc) is 3.59. The first-order chi connectivity index (χ1) is 15.5. The van der Waals surface area contributed by atoms with Gasteiger partial charge in [-0.05, 0) is 54.3 Å². The van der Waals surface area contributed by atoms with Gasteiger partial charge in [-0.3, -0.25) is 9.59 Å². The molecule has 1 aliphatic rings. The van der Waals surface area contributed by atoms with Gasteiger partial charge < -0.3 is 20.1 Å². The summed E-state index contributed by atoms with van der Waals surface area (Å²) in [5, 5.41) is 5.59. The number of benzene rings is 3. The molecule has 6 nitrogen and oxygen atoms in total. The molecule has 0 heterocycles. The number of hydrogen-bond donors (Lipinski definition) is 2. The van der Waals surface area contributed by atoms with Gasteiger partial charge in [-0.25, -0.2) is 4.39 Å². The highest BCUT2D eigenvalue weighted by atomic mass is 19.1. The van der Waals surface area contributed by atoms with Crippen molar-refractivity contribution in [3.63, 3.8) is 0 Å². The number of nitrogens with one attached hydrogen (secondary N) is 2. The van der Waals surface area contributed by atoms with Crippen LogP contribution in [0.25, 0.3) is 0 Å². The zero-order valence-corrected chi connectivity index (χ0v) is 17.5. The normalized spacial score (nSPS) is 16.7. The van der Waals surface area contributed by atoms with E-state index in [2.05, 4.69) is 10.6 Å². The van der Waals surface area contributed by atoms with E-state index >= 15 is 0 Å². The Labute approximate surface area is 185 Å². The van der Waals surface area contributed by atoms with Crippen LogP contribution in [0, 0.1) is 11.7 Å². The number of rotatable bonds is 8. The van der Waals surface area contributed by atoms with Gasteiger partial charge in [0, 0.05) is 17.3 Å². The van der Waals surface area contributed by atoms with Crippen LogP contribution in [0.4, 0.5) is 15.8 Å². The van der Waals surface area contributed by atoms with Gasteiger partial charge in [0.1, 0.15) is 5.82 Å². The van der Waals surface area contributed by atoms with Gasteiger partial charge in [0.2, 0.25) is 5.91 Å². The summed E-state index contributed by atoms with van der Waals surface area (Å²) < 4.78 is 24.7. The van der Waals surface area contributed by atoms with Crippen molar-refractivity contribution in [1.29, 1.82) is 0 Å². The molecule has 3 aromatic rings. The first-order valence-electron chi connectivity index (χ1n) is 10.3. The van der Waals surface area contributed by atoms with Gasteiger partial charge in [-0.15, -0.1) is 0 Å². The molecule has 164 valence electrons. The number of methoxy groups -OCH3 is 1. The number of ether oxygens (including phenoxy) is 2.